The van der Waals surface area contributed by atoms with Gasteiger partial charge in [0.15, 0.2) is 23.7 Å². The molecule has 0 amide bonds. The quantitative estimate of drug-likeness (QED) is 0.412. The summed E-state index contributed by atoms with van der Waals surface area (Å²) < 4.78 is 14.2. The molecule has 5 heterocycles. The highest BCUT2D eigenvalue weighted by Crippen LogP contribution is 2.28. The maximum absolute atomic E-state index is 14.2. The van der Waals surface area contributed by atoms with Crippen molar-refractivity contribution in [1.29, 1.82) is 0 Å². The lowest BCUT2D eigenvalue weighted by Crippen LogP contribution is -2.35. The van der Waals surface area contributed by atoms with E-state index in [9.17, 15) is 9.18 Å². The molecule has 2 N–H and O–H groups in total. The Morgan fingerprint density at radius 2 is 2.15 bits per heavy atom. The van der Waals surface area contributed by atoms with Gasteiger partial charge < -0.3 is 15.2 Å². The van der Waals surface area contributed by atoms with Gasteiger partial charge in [0.25, 0.3) is 0 Å². The van der Waals surface area contributed by atoms with Crippen LogP contribution in [0, 0.1) is 11.7 Å². The number of likely N-dealkylation sites (tertiary alicyclic amines) is 1. The fraction of sp³-hybridized carbons (Fsp3) is 0.304. The summed E-state index contributed by atoms with van der Waals surface area (Å²) in [6.07, 6.45) is 11.9. The van der Waals surface area contributed by atoms with E-state index in [1.165, 1.54) is 31.2 Å². The fourth-order valence-corrected chi connectivity index (χ4v) is 3.99. The van der Waals surface area contributed by atoms with E-state index in [4.69, 9.17) is 11.6 Å². The van der Waals surface area contributed by atoms with Crippen LogP contribution in [0.2, 0.25) is 5.02 Å². The Balaban J connectivity index is 0.000000291. The number of halogens is 2. The summed E-state index contributed by atoms with van der Waals surface area (Å²) in [5, 5.41) is 4.50. The van der Waals surface area contributed by atoms with E-state index >= 15 is 0 Å². The molecule has 11 heteroatoms. The van der Waals surface area contributed by atoms with Gasteiger partial charge in [0.05, 0.1) is 17.4 Å². The van der Waals surface area contributed by atoms with Crippen LogP contribution in [0.3, 0.4) is 0 Å². The maximum Gasteiger partial charge on any atom is 0.183 e. The number of nitrogens with zero attached hydrogens (tertiary/aromatic N) is 6. The molecule has 34 heavy (non-hydrogen) atoms. The van der Waals surface area contributed by atoms with Crippen molar-refractivity contribution in [2.45, 2.75) is 12.8 Å². The van der Waals surface area contributed by atoms with E-state index < -0.39 is 5.82 Å². The molecule has 1 atom stereocenters. The number of H-pyrrole nitrogens is 1. The van der Waals surface area contributed by atoms with Gasteiger partial charge >= 0.3 is 0 Å². The van der Waals surface area contributed by atoms with Crippen molar-refractivity contribution in [3.05, 3.63) is 59.8 Å². The summed E-state index contributed by atoms with van der Waals surface area (Å²) in [6.45, 7) is 2.83. The van der Waals surface area contributed by atoms with Gasteiger partial charge in [-0.15, -0.1) is 0 Å². The van der Waals surface area contributed by atoms with Crippen molar-refractivity contribution in [2.75, 3.05) is 32.0 Å². The van der Waals surface area contributed by atoms with Gasteiger partial charge in [-0.1, -0.05) is 11.6 Å². The van der Waals surface area contributed by atoms with Crippen LogP contribution >= 0.6 is 11.6 Å². The lowest BCUT2D eigenvalue weighted by atomic mass is 9.98. The molecule has 0 aliphatic carbocycles. The van der Waals surface area contributed by atoms with Crippen LogP contribution < -0.4 is 5.32 Å². The molecule has 0 bridgehead atoms. The first-order chi connectivity index (χ1) is 16.5. The Kier molecular flexibility index (Phi) is 7.71. The topological polar surface area (TPSA) is 113 Å². The van der Waals surface area contributed by atoms with E-state index in [0.29, 0.717) is 40.9 Å². The Bertz CT molecular complexity index is 1250. The molecule has 1 unspecified atom stereocenters. The van der Waals surface area contributed by atoms with Crippen LogP contribution in [0.15, 0.2) is 43.2 Å². The van der Waals surface area contributed by atoms with Crippen molar-refractivity contribution in [1.82, 2.24) is 34.8 Å². The van der Waals surface area contributed by atoms with Crippen molar-refractivity contribution in [3.8, 4) is 11.4 Å². The molecule has 1 fully saturated rings. The maximum atomic E-state index is 14.2. The van der Waals surface area contributed by atoms with Crippen LogP contribution in [0.5, 0.6) is 0 Å². The normalized spacial score (nSPS) is 16.0. The number of aromatic amines is 1. The molecule has 5 rings (SSSR count). The molecule has 4 aromatic heterocycles. The van der Waals surface area contributed by atoms with Gasteiger partial charge in [0.1, 0.15) is 11.3 Å². The lowest BCUT2D eigenvalue weighted by Gasteiger charge is -2.29. The summed E-state index contributed by atoms with van der Waals surface area (Å²) in [4.78, 5) is 35.4. The summed E-state index contributed by atoms with van der Waals surface area (Å²) >= 11 is 6.05. The highest BCUT2D eigenvalue weighted by atomic mass is 35.5. The zero-order valence-electron chi connectivity index (χ0n) is 18.6. The van der Waals surface area contributed by atoms with Crippen molar-refractivity contribution in [2.24, 2.45) is 5.92 Å². The smallest absolute Gasteiger partial charge is 0.183 e. The number of rotatable bonds is 5. The van der Waals surface area contributed by atoms with Gasteiger partial charge in [-0.3, -0.25) is 14.8 Å². The minimum absolute atomic E-state index is 0.229. The molecule has 1 aliphatic heterocycles. The number of hydrogen-bond acceptors (Lipinski definition) is 8. The second-order valence-corrected chi connectivity index (χ2v) is 8.48. The fourth-order valence-electron chi connectivity index (χ4n) is 3.84. The molecule has 0 saturated carbocycles. The van der Waals surface area contributed by atoms with E-state index in [2.05, 4.69) is 47.2 Å². The molecule has 176 valence electrons. The van der Waals surface area contributed by atoms with E-state index in [1.807, 2.05) is 0 Å². The van der Waals surface area contributed by atoms with Gasteiger partial charge in [0.2, 0.25) is 0 Å². The average molecular weight is 483 g/mol. The number of carbonyl (C=O) groups is 1. The molecular formula is C23H24ClFN8O. The first-order valence-corrected chi connectivity index (χ1v) is 11.2. The predicted octanol–water partition coefficient (Wildman–Crippen LogP) is 3.86. The standard InChI is InChI=1S/C18H20ClFN6.C5H4N2O/c1-26-4-2-3-11(10-26)6-21-18-15(20)9-24-17(25-18)14-8-23-16-13(14)5-12(19)7-22-16;8-4-5-3-6-1-2-7-5/h5,7-9,11H,2-4,6,10H2,1H3,(H,22,23)(H,21,24,25);1-4H. The molecule has 0 aromatic carbocycles. The first kappa shape index (κ1) is 23.7. The molecular weight excluding hydrogens is 459 g/mol. The largest absolute Gasteiger partial charge is 0.367 e. The number of fused-ring (bicyclic) bond motifs is 1. The third kappa shape index (κ3) is 5.89. The number of aromatic nitrogens is 6. The highest BCUT2D eigenvalue weighted by Gasteiger charge is 2.18. The van der Waals surface area contributed by atoms with Crippen LogP contribution in [0.25, 0.3) is 22.4 Å². The molecule has 0 spiro atoms. The first-order valence-electron chi connectivity index (χ1n) is 10.8. The van der Waals surface area contributed by atoms with Gasteiger partial charge in [0, 0.05) is 48.8 Å². The average Bonchev–Trinajstić information content (AvgIpc) is 3.27. The van der Waals surface area contributed by atoms with Crippen molar-refractivity contribution >= 4 is 34.7 Å². The van der Waals surface area contributed by atoms with Gasteiger partial charge in [-0.25, -0.2) is 19.3 Å². The Morgan fingerprint density at radius 1 is 1.26 bits per heavy atom. The lowest BCUT2D eigenvalue weighted by molar-refractivity contribution is 0.111. The van der Waals surface area contributed by atoms with Gasteiger partial charge in [-0.05, 0) is 38.4 Å². The molecule has 9 nitrogen and oxygen atoms in total. The monoisotopic (exact) mass is 482 g/mol. The predicted molar refractivity (Wildman–Crippen MR) is 128 cm³/mol. The SMILES string of the molecule is CN1CCCC(CNc2nc(-c3c[nH]c4ncc(Cl)cc34)ncc2F)C1.O=Cc1cnccn1. The second-order valence-electron chi connectivity index (χ2n) is 8.04. The number of carbonyl (C=O) groups excluding carboxylic acids is 1. The Hall–Kier alpha value is -3.50. The summed E-state index contributed by atoms with van der Waals surface area (Å²) in [5.41, 5.74) is 1.81. The number of pyridine rings is 1. The molecule has 0 radical (unpaired) electrons. The number of aldehydes is 1. The number of hydrogen-bond donors (Lipinski definition) is 2. The third-order valence-electron chi connectivity index (χ3n) is 5.47. The minimum atomic E-state index is -0.450. The van der Waals surface area contributed by atoms with Crippen molar-refractivity contribution in [3.63, 3.8) is 0 Å². The Morgan fingerprint density at radius 3 is 2.88 bits per heavy atom. The van der Waals surface area contributed by atoms with Gasteiger partial charge in [-0.2, -0.15) is 0 Å². The van der Waals surface area contributed by atoms with Crippen LogP contribution in [-0.4, -0.2) is 67.8 Å². The number of piperidine rings is 1. The van der Waals surface area contributed by atoms with Crippen LogP contribution in [-0.2, 0) is 0 Å². The number of nitrogens with one attached hydrogen (secondary N) is 2. The van der Waals surface area contributed by atoms with E-state index in [-0.39, 0.29) is 5.82 Å². The Labute approximate surface area is 200 Å². The summed E-state index contributed by atoms with van der Waals surface area (Å²) in [6, 6.07) is 1.80. The highest BCUT2D eigenvalue weighted by molar-refractivity contribution is 6.31. The molecule has 1 aliphatic rings. The van der Waals surface area contributed by atoms with Crippen LogP contribution in [0.4, 0.5) is 10.2 Å². The molecule has 1 saturated heterocycles. The molecule has 4 aromatic rings. The van der Waals surface area contributed by atoms with E-state index in [0.717, 1.165) is 30.5 Å². The zero-order chi connectivity index (χ0) is 23.9. The number of anilines is 1. The summed E-state index contributed by atoms with van der Waals surface area (Å²) in [7, 11) is 2.12. The minimum Gasteiger partial charge on any atom is -0.367 e. The second kappa shape index (κ2) is 11.1. The van der Waals surface area contributed by atoms with Crippen molar-refractivity contribution < 1.29 is 9.18 Å². The van der Waals surface area contributed by atoms with E-state index in [1.54, 1.807) is 18.5 Å². The van der Waals surface area contributed by atoms with Crippen LogP contribution in [0.1, 0.15) is 23.3 Å². The third-order valence-corrected chi connectivity index (χ3v) is 5.67. The summed E-state index contributed by atoms with van der Waals surface area (Å²) in [5.74, 6) is 0.703. The zero-order valence-corrected chi connectivity index (χ0v) is 19.3.